The highest BCUT2D eigenvalue weighted by Crippen LogP contribution is 2.40. The Hall–Kier alpha value is -3.81. The molecule has 0 bridgehead atoms. The summed E-state index contributed by atoms with van der Waals surface area (Å²) in [6.45, 7) is 1.93. The van der Waals surface area contributed by atoms with E-state index in [1.165, 1.54) is 0 Å². The number of fused-ring (bicyclic) bond motifs is 1. The number of rotatable bonds is 12. The standard InChI is InChI=1S/C39H51N3O6/c1-2-25-6-3-4-8-34(46)39-26(10-9-25)11-12-27(21-35(39)47)28-13-14-32(44)36(22-28)48-37(33(45)16-19-43)23-30(20-31-7-5-17-41-31)29-15-18-42-38(40)24-29/h5,7,11-15,17-18,22,24-27,30,33-35,37,39,41,43-47H,2-4,6,8,16,19-21,23H2,1H3,(H2,40,42). The van der Waals surface area contributed by atoms with E-state index in [9.17, 15) is 25.5 Å². The van der Waals surface area contributed by atoms with E-state index in [4.69, 9.17) is 10.5 Å². The average molecular weight is 658 g/mol. The summed E-state index contributed by atoms with van der Waals surface area (Å²) < 4.78 is 6.43. The van der Waals surface area contributed by atoms with Crippen LogP contribution in [0.1, 0.15) is 86.9 Å². The molecule has 0 saturated carbocycles. The van der Waals surface area contributed by atoms with Crippen molar-refractivity contribution in [2.24, 2.45) is 17.8 Å². The Morgan fingerprint density at radius 3 is 2.65 bits per heavy atom. The zero-order chi connectivity index (χ0) is 34.0. The van der Waals surface area contributed by atoms with Crippen molar-refractivity contribution in [3.8, 4) is 23.3 Å². The van der Waals surface area contributed by atoms with Gasteiger partial charge in [-0.05, 0) is 92.0 Å². The Bertz CT molecular complexity index is 1530. The van der Waals surface area contributed by atoms with Gasteiger partial charge in [0, 0.05) is 54.8 Å². The van der Waals surface area contributed by atoms with E-state index in [1.54, 1.807) is 18.3 Å². The number of allylic oxidation sites excluding steroid dienone is 2. The molecule has 0 radical (unpaired) electrons. The minimum atomic E-state index is -1.01. The number of aromatic nitrogens is 2. The van der Waals surface area contributed by atoms with Crippen molar-refractivity contribution in [3.63, 3.8) is 0 Å². The predicted octanol–water partition coefficient (Wildman–Crippen LogP) is 5.21. The smallest absolute Gasteiger partial charge is 0.161 e. The SMILES string of the molecule is CCC1C#CC2C=CC(c3ccc(O)c(OC(CC(Cc4ccc[nH]4)c4ccnc(N)c4)C(O)CCO)c3)CC(O)C2C(O)CCCC1. The zero-order valence-corrected chi connectivity index (χ0v) is 27.8. The second-order valence-corrected chi connectivity index (χ2v) is 13.5. The Kier molecular flexibility index (Phi) is 12.6. The van der Waals surface area contributed by atoms with Crippen molar-refractivity contribution in [3.05, 3.63) is 83.8 Å². The molecule has 1 aromatic carbocycles. The number of nitrogens with one attached hydrogen (secondary N) is 1. The highest BCUT2D eigenvalue weighted by Gasteiger charge is 2.36. The van der Waals surface area contributed by atoms with E-state index >= 15 is 0 Å². The highest BCUT2D eigenvalue weighted by molar-refractivity contribution is 5.44. The third-order valence-electron chi connectivity index (χ3n) is 10.1. The maximum absolute atomic E-state index is 11.5. The van der Waals surface area contributed by atoms with Gasteiger partial charge in [-0.15, -0.1) is 0 Å². The summed E-state index contributed by atoms with van der Waals surface area (Å²) in [5, 5.41) is 54.5. The van der Waals surface area contributed by atoms with Gasteiger partial charge in [-0.2, -0.15) is 0 Å². The number of hydrogen-bond donors (Lipinski definition) is 7. The predicted molar refractivity (Wildman–Crippen MR) is 186 cm³/mol. The van der Waals surface area contributed by atoms with Crippen LogP contribution in [-0.4, -0.2) is 66.5 Å². The summed E-state index contributed by atoms with van der Waals surface area (Å²) in [4.78, 5) is 7.39. The molecule has 258 valence electrons. The number of pyridine rings is 1. The van der Waals surface area contributed by atoms with E-state index in [2.05, 4.69) is 34.8 Å². The molecule has 9 atom stereocenters. The van der Waals surface area contributed by atoms with Crippen molar-refractivity contribution >= 4 is 5.82 Å². The van der Waals surface area contributed by atoms with Gasteiger partial charge in [-0.1, -0.05) is 49.8 Å². The lowest BCUT2D eigenvalue weighted by Gasteiger charge is -2.31. The lowest BCUT2D eigenvalue weighted by Crippen LogP contribution is -2.36. The molecule has 0 aliphatic heterocycles. The first-order valence-electron chi connectivity index (χ1n) is 17.4. The van der Waals surface area contributed by atoms with Gasteiger partial charge in [-0.25, -0.2) is 4.98 Å². The maximum Gasteiger partial charge on any atom is 0.161 e. The topological polar surface area (TPSA) is 165 Å². The summed E-state index contributed by atoms with van der Waals surface area (Å²) in [5.74, 6) is 6.68. The Morgan fingerprint density at radius 1 is 1.06 bits per heavy atom. The zero-order valence-electron chi connectivity index (χ0n) is 27.8. The van der Waals surface area contributed by atoms with E-state index in [0.717, 1.165) is 42.5 Å². The van der Waals surface area contributed by atoms with E-state index in [1.807, 2.05) is 42.6 Å². The molecule has 9 heteroatoms. The molecule has 9 unspecified atom stereocenters. The minimum absolute atomic E-state index is 0.0757. The summed E-state index contributed by atoms with van der Waals surface area (Å²) in [6.07, 6.45) is 10.4. The van der Waals surface area contributed by atoms with Gasteiger partial charge in [0.25, 0.3) is 0 Å². The van der Waals surface area contributed by atoms with Gasteiger partial charge in [-0.3, -0.25) is 0 Å². The van der Waals surface area contributed by atoms with Gasteiger partial charge >= 0.3 is 0 Å². The third kappa shape index (κ3) is 9.20. The molecule has 0 saturated heterocycles. The number of hydrogen-bond acceptors (Lipinski definition) is 8. The number of phenolic OH excluding ortho intramolecular Hbond substituents is 1. The number of nitrogens with zero attached hydrogens (tertiary/aromatic N) is 1. The fourth-order valence-corrected chi connectivity index (χ4v) is 7.25. The lowest BCUT2D eigenvalue weighted by molar-refractivity contribution is -0.00707. The molecule has 3 aromatic rings. The molecule has 2 aliphatic rings. The molecular weight excluding hydrogens is 606 g/mol. The molecular formula is C39H51N3O6. The third-order valence-corrected chi connectivity index (χ3v) is 10.1. The Balaban J connectivity index is 1.42. The first-order chi connectivity index (χ1) is 23.2. The van der Waals surface area contributed by atoms with Gasteiger partial charge in [0.05, 0.1) is 18.3 Å². The second-order valence-electron chi connectivity index (χ2n) is 13.5. The largest absolute Gasteiger partial charge is 0.504 e. The Labute approximate surface area is 283 Å². The number of aromatic amines is 1. The quantitative estimate of drug-likeness (QED) is 0.103. The van der Waals surface area contributed by atoms with Gasteiger partial charge in [0.1, 0.15) is 11.9 Å². The lowest BCUT2D eigenvalue weighted by atomic mass is 9.79. The van der Waals surface area contributed by atoms with Crippen molar-refractivity contribution in [2.75, 3.05) is 12.3 Å². The first kappa shape index (κ1) is 35.5. The van der Waals surface area contributed by atoms with Crippen LogP contribution in [-0.2, 0) is 6.42 Å². The number of nitrogens with two attached hydrogens (primary N) is 1. The first-order valence-corrected chi connectivity index (χ1v) is 17.4. The van der Waals surface area contributed by atoms with Crippen LogP contribution >= 0.6 is 0 Å². The van der Waals surface area contributed by atoms with E-state index in [0.29, 0.717) is 37.4 Å². The fourth-order valence-electron chi connectivity index (χ4n) is 7.25. The van der Waals surface area contributed by atoms with Crippen LogP contribution in [0.3, 0.4) is 0 Å². The van der Waals surface area contributed by atoms with Crippen LogP contribution in [0.2, 0.25) is 0 Å². The normalized spacial score (nSPS) is 26.3. The van der Waals surface area contributed by atoms with Gasteiger partial charge < -0.3 is 41.0 Å². The van der Waals surface area contributed by atoms with E-state index < -0.39 is 24.4 Å². The average Bonchev–Trinajstić information content (AvgIpc) is 3.53. The number of aliphatic hydroxyl groups is 4. The van der Waals surface area contributed by atoms with Crippen molar-refractivity contribution in [1.82, 2.24) is 9.97 Å². The van der Waals surface area contributed by atoms with Crippen LogP contribution in [0, 0.1) is 29.6 Å². The minimum Gasteiger partial charge on any atom is -0.504 e. The van der Waals surface area contributed by atoms with Crippen LogP contribution in [0.15, 0.2) is 67.0 Å². The van der Waals surface area contributed by atoms with Crippen LogP contribution in [0.4, 0.5) is 5.82 Å². The number of aromatic hydroxyl groups is 1. The molecule has 2 aliphatic carbocycles. The molecule has 0 spiro atoms. The fraction of sp³-hybridized carbons (Fsp3) is 0.513. The number of ether oxygens (including phenoxy) is 1. The number of anilines is 1. The van der Waals surface area contributed by atoms with Crippen molar-refractivity contribution in [1.29, 1.82) is 0 Å². The number of phenols is 1. The summed E-state index contributed by atoms with van der Waals surface area (Å²) >= 11 is 0. The van der Waals surface area contributed by atoms with Gasteiger partial charge in [0.15, 0.2) is 11.5 Å². The monoisotopic (exact) mass is 657 g/mol. The highest BCUT2D eigenvalue weighted by atomic mass is 16.5. The summed E-state index contributed by atoms with van der Waals surface area (Å²) in [6, 6.07) is 12.8. The number of nitrogen functional groups attached to an aromatic ring is 1. The van der Waals surface area contributed by atoms with E-state index in [-0.39, 0.29) is 48.2 Å². The Morgan fingerprint density at radius 2 is 1.90 bits per heavy atom. The summed E-state index contributed by atoms with van der Waals surface area (Å²) in [5.41, 5.74) is 8.81. The molecule has 8 N–H and O–H groups in total. The van der Waals surface area contributed by atoms with Crippen LogP contribution < -0.4 is 10.5 Å². The van der Waals surface area contributed by atoms with Crippen LogP contribution in [0.25, 0.3) is 0 Å². The molecule has 5 rings (SSSR count). The molecule has 0 amide bonds. The molecule has 9 nitrogen and oxygen atoms in total. The molecule has 48 heavy (non-hydrogen) atoms. The number of H-pyrrole nitrogens is 1. The van der Waals surface area contributed by atoms with Gasteiger partial charge in [0.2, 0.25) is 0 Å². The number of aliphatic hydroxyl groups excluding tert-OH is 4. The molecule has 0 fully saturated rings. The van der Waals surface area contributed by atoms with Crippen LogP contribution in [0.5, 0.6) is 11.5 Å². The molecule has 2 aromatic heterocycles. The van der Waals surface area contributed by atoms with Crippen molar-refractivity contribution in [2.45, 2.75) is 101 Å². The molecule has 2 heterocycles. The van der Waals surface area contributed by atoms with Crippen molar-refractivity contribution < 1.29 is 30.3 Å². The second kappa shape index (κ2) is 17.0. The maximum atomic E-state index is 11.5. The summed E-state index contributed by atoms with van der Waals surface area (Å²) in [7, 11) is 0. The number of benzene rings is 1.